The number of rotatable bonds is 5. The second kappa shape index (κ2) is 5.40. The van der Waals surface area contributed by atoms with E-state index in [-0.39, 0.29) is 5.91 Å². The van der Waals surface area contributed by atoms with Gasteiger partial charge in [0.25, 0.3) is 5.91 Å². The van der Waals surface area contributed by atoms with E-state index >= 15 is 0 Å². The third kappa shape index (κ3) is 3.23. The summed E-state index contributed by atoms with van der Waals surface area (Å²) in [5, 5.41) is 12.5. The Morgan fingerprint density at radius 1 is 1.39 bits per heavy atom. The Bertz CT molecular complexity index is 427. The van der Waals surface area contributed by atoms with Crippen molar-refractivity contribution in [3.63, 3.8) is 0 Å². The van der Waals surface area contributed by atoms with E-state index in [1.165, 1.54) is 0 Å². The minimum atomic E-state index is -0.611. The number of aliphatic hydroxyl groups is 1. The molecule has 0 aliphatic heterocycles. The number of para-hydroxylation sites is 1. The third-order valence-corrected chi connectivity index (χ3v) is 2.97. The van der Waals surface area contributed by atoms with Crippen LogP contribution in [0.15, 0.2) is 24.3 Å². The van der Waals surface area contributed by atoms with Crippen LogP contribution in [0, 0.1) is 0 Å². The normalized spacial score (nSPS) is 17.9. The van der Waals surface area contributed by atoms with Gasteiger partial charge in [-0.25, -0.2) is 0 Å². The number of ether oxygens (including phenoxy) is 1. The highest BCUT2D eigenvalue weighted by atomic mass is 16.5. The van der Waals surface area contributed by atoms with Crippen LogP contribution in [0.25, 0.3) is 0 Å². The molecule has 4 nitrogen and oxygen atoms in total. The Kier molecular flexibility index (Phi) is 3.87. The van der Waals surface area contributed by atoms with Crippen molar-refractivity contribution in [3.8, 4) is 5.75 Å². The molecule has 0 bridgehead atoms. The summed E-state index contributed by atoms with van der Waals surface area (Å²) in [6.45, 7) is 3.40. The van der Waals surface area contributed by atoms with Gasteiger partial charge in [-0.15, -0.1) is 0 Å². The quantitative estimate of drug-likeness (QED) is 0.836. The molecule has 1 amide bonds. The zero-order valence-electron chi connectivity index (χ0n) is 10.7. The van der Waals surface area contributed by atoms with Gasteiger partial charge in [-0.05, 0) is 32.8 Å². The number of hydrogen-bond donors (Lipinski definition) is 2. The zero-order valence-corrected chi connectivity index (χ0v) is 10.7. The molecule has 1 aliphatic rings. The molecule has 1 aromatic carbocycles. The molecule has 98 valence electrons. The van der Waals surface area contributed by atoms with E-state index in [0.717, 1.165) is 12.8 Å². The molecule has 2 atom stereocenters. The predicted octanol–water partition coefficient (Wildman–Crippen LogP) is 1.79. The maximum absolute atomic E-state index is 11.8. The molecule has 1 saturated carbocycles. The molecule has 1 fully saturated rings. The van der Waals surface area contributed by atoms with E-state index in [1.54, 1.807) is 26.0 Å². The minimum Gasteiger partial charge on any atom is -0.481 e. The van der Waals surface area contributed by atoms with Crippen LogP contribution in [-0.4, -0.2) is 23.2 Å². The highest BCUT2D eigenvalue weighted by molar-refractivity contribution is 5.81. The van der Waals surface area contributed by atoms with Gasteiger partial charge >= 0.3 is 0 Å². The highest BCUT2D eigenvalue weighted by Gasteiger charge is 2.26. The Morgan fingerprint density at radius 3 is 2.67 bits per heavy atom. The molecule has 0 radical (unpaired) electrons. The van der Waals surface area contributed by atoms with Crippen molar-refractivity contribution in [3.05, 3.63) is 29.8 Å². The number of amides is 1. The average Bonchev–Trinajstić information content (AvgIpc) is 3.13. The molecule has 1 aromatic rings. The van der Waals surface area contributed by atoms with Crippen LogP contribution >= 0.6 is 0 Å². The van der Waals surface area contributed by atoms with Crippen molar-refractivity contribution >= 4 is 5.91 Å². The first-order valence-electron chi connectivity index (χ1n) is 6.32. The Labute approximate surface area is 107 Å². The number of hydrogen-bond acceptors (Lipinski definition) is 3. The van der Waals surface area contributed by atoms with Gasteiger partial charge in [-0.1, -0.05) is 18.2 Å². The Hall–Kier alpha value is -1.55. The van der Waals surface area contributed by atoms with Crippen LogP contribution < -0.4 is 10.1 Å². The van der Waals surface area contributed by atoms with E-state index in [0.29, 0.717) is 17.4 Å². The molecular formula is C14H19NO3. The molecule has 0 saturated heterocycles. The van der Waals surface area contributed by atoms with Gasteiger partial charge in [0, 0.05) is 11.6 Å². The molecule has 18 heavy (non-hydrogen) atoms. The van der Waals surface area contributed by atoms with Crippen molar-refractivity contribution in [2.75, 3.05) is 0 Å². The maximum Gasteiger partial charge on any atom is 0.260 e. The first kappa shape index (κ1) is 12.9. The van der Waals surface area contributed by atoms with E-state index in [1.807, 2.05) is 12.1 Å². The highest BCUT2D eigenvalue weighted by Crippen LogP contribution is 2.25. The Morgan fingerprint density at radius 2 is 2.06 bits per heavy atom. The van der Waals surface area contributed by atoms with Gasteiger partial charge in [-0.2, -0.15) is 0 Å². The lowest BCUT2D eigenvalue weighted by Crippen LogP contribution is -2.37. The maximum atomic E-state index is 11.8. The lowest BCUT2D eigenvalue weighted by molar-refractivity contribution is -0.127. The minimum absolute atomic E-state index is 0.0992. The van der Waals surface area contributed by atoms with Crippen LogP contribution in [0.1, 0.15) is 38.4 Å². The van der Waals surface area contributed by atoms with E-state index in [2.05, 4.69) is 5.32 Å². The number of benzene rings is 1. The third-order valence-electron chi connectivity index (χ3n) is 2.97. The zero-order chi connectivity index (χ0) is 13.1. The molecule has 2 N–H and O–H groups in total. The van der Waals surface area contributed by atoms with Crippen molar-refractivity contribution in [2.24, 2.45) is 0 Å². The fraction of sp³-hybridized carbons (Fsp3) is 0.500. The van der Waals surface area contributed by atoms with Crippen molar-refractivity contribution in [1.82, 2.24) is 5.32 Å². The predicted molar refractivity (Wildman–Crippen MR) is 68.3 cm³/mol. The van der Waals surface area contributed by atoms with Crippen LogP contribution in [0.3, 0.4) is 0 Å². The van der Waals surface area contributed by atoms with Gasteiger partial charge in [0.05, 0.1) is 6.10 Å². The lowest BCUT2D eigenvalue weighted by atomic mass is 10.1. The second-order valence-corrected chi connectivity index (χ2v) is 4.76. The smallest absolute Gasteiger partial charge is 0.260 e. The standard InChI is InChI=1S/C14H19NO3/c1-9(16)12-5-3-4-6-13(12)18-10(2)14(17)15-11-7-8-11/h3-6,9-11,16H,7-8H2,1-2H3,(H,15,17)/t9-,10?/m1/s1. The molecule has 0 heterocycles. The van der Waals surface area contributed by atoms with Gasteiger partial charge in [0.2, 0.25) is 0 Å². The van der Waals surface area contributed by atoms with Crippen molar-refractivity contribution in [2.45, 2.75) is 44.9 Å². The summed E-state index contributed by atoms with van der Waals surface area (Å²) in [7, 11) is 0. The number of aliphatic hydroxyl groups excluding tert-OH is 1. The van der Waals surface area contributed by atoms with Crippen molar-refractivity contribution in [1.29, 1.82) is 0 Å². The van der Waals surface area contributed by atoms with E-state index in [4.69, 9.17) is 4.74 Å². The first-order valence-corrected chi connectivity index (χ1v) is 6.32. The van der Waals surface area contributed by atoms with E-state index < -0.39 is 12.2 Å². The second-order valence-electron chi connectivity index (χ2n) is 4.76. The number of carbonyl (C=O) groups excluding carboxylic acids is 1. The Balaban J connectivity index is 2.01. The molecule has 4 heteroatoms. The van der Waals surface area contributed by atoms with Gasteiger partial charge in [0.15, 0.2) is 6.10 Å². The van der Waals surface area contributed by atoms with Gasteiger partial charge in [-0.3, -0.25) is 4.79 Å². The molecular weight excluding hydrogens is 230 g/mol. The molecule has 0 aromatic heterocycles. The largest absolute Gasteiger partial charge is 0.481 e. The fourth-order valence-electron chi connectivity index (χ4n) is 1.72. The van der Waals surface area contributed by atoms with Gasteiger partial charge in [0.1, 0.15) is 5.75 Å². The van der Waals surface area contributed by atoms with Crippen LogP contribution in [0.2, 0.25) is 0 Å². The SMILES string of the molecule is CC(Oc1ccccc1[C@@H](C)O)C(=O)NC1CC1. The molecule has 1 aliphatic carbocycles. The number of nitrogens with one attached hydrogen (secondary N) is 1. The van der Waals surface area contributed by atoms with E-state index in [9.17, 15) is 9.90 Å². The lowest BCUT2D eigenvalue weighted by Gasteiger charge is -2.18. The van der Waals surface area contributed by atoms with Crippen LogP contribution in [0.5, 0.6) is 5.75 Å². The van der Waals surface area contributed by atoms with Crippen LogP contribution in [0.4, 0.5) is 0 Å². The molecule has 2 rings (SSSR count). The fourth-order valence-corrected chi connectivity index (χ4v) is 1.72. The summed E-state index contributed by atoms with van der Waals surface area (Å²) in [4.78, 5) is 11.8. The molecule has 1 unspecified atom stereocenters. The summed E-state index contributed by atoms with van der Waals surface area (Å²) in [6, 6.07) is 7.56. The summed E-state index contributed by atoms with van der Waals surface area (Å²) in [5.41, 5.74) is 0.698. The monoisotopic (exact) mass is 249 g/mol. The van der Waals surface area contributed by atoms with Crippen LogP contribution in [-0.2, 0) is 4.79 Å². The molecule has 0 spiro atoms. The summed E-state index contributed by atoms with van der Waals surface area (Å²) in [5.74, 6) is 0.462. The summed E-state index contributed by atoms with van der Waals surface area (Å²) >= 11 is 0. The summed E-state index contributed by atoms with van der Waals surface area (Å²) in [6.07, 6.45) is 0.955. The number of carbonyl (C=O) groups is 1. The summed E-state index contributed by atoms with van der Waals surface area (Å²) < 4.78 is 5.63. The average molecular weight is 249 g/mol. The van der Waals surface area contributed by atoms with Crippen molar-refractivity contribution < 1.29 is 14.6 Å². The van der Waals surface area contributed by atoms with Gasteiger partial charge < -0.3 is 15.2 Å². The first-order chi connectivity index (χ1) is 8.58. The topological polar surface area (TPSA) is 58.6 Å².